The van der Waals surface area contributed by atoms with Crippen LogP contribution < -0.4 is 5.32 Å². The summed E-state index contributed by atoms with van der Waals surface area (Å²) in [5, 5.41) is 3.22. The minimum Gasteiger partial charge on any atom is -0.377 e. The highest BCUT2D eigenvalue weighted by atomic mass is 16.5. The average molecular weight is 251 g/mol. The standard InChI is InChI=1S/C14H25N3O/c1-5-15-14-10-13(6-7-16-14)11-17(4)8-9-18-12(2)3/h6-7,10,12H,5,8-9,11H2,1-4H3,(H,15,16). The number of rotatable bonds is 8. The summed E-state index contributed by atoms with van der Waals surface area (Å²) in [6, 6.07) is 4.16. The summed E-state index contributed by atoms with van der Waals surface area (Å²) in [6.45, 7) is 9.73. The van der Waals surface area contributed by atoms with Crippen molar-refractivity contribution in [1.82, 2.24) is 9.88 Å². The second-order valence-electron chi connectivity index (χ2n) is 4.74. The van der Waals surface area contributed by atoms with Gasteiger partial charge in [-0.25, -0.2) is 4.98 Å². The number of anilines is 1. The molecular weight excluding hydrogens is 226 g/mol. The van der Waals surface area contributed by atoms with Crippen LogP contribution in [0, 0.1) is 0 Å². The van der Waals surface area contributed by atoms with Crippen molar-refractivity contribution < 1.29 is 4.74 Å². The molecule has 0 unspecified atom stereocenters. The zero-order valence-electron chi connectivity index (χ0n) is 11.9. The first kappa shape index (κ1) is 14.9. The molecule has 102 valence electrons. The Kier molecular flexibility index (Phi) is 6.68. The fourth-order valence-corrected chi connectivity index (χ4v) is 1.69. The summed E-state index contributed by atoms with van der Waals surface area (Å²) in [5.41, 5.74) is 1.27. The molecule has 0 spiro atoms. The van der Waals surface area contributed by atoms with Crippen LogP contribution >= 0.6 is 0 Å². The molecule has 1 N–H and O–H groups in total. The molecule has 4 nitrogen and oxygen atoms in total. The zero-order chi connectivity index (χ0) is 13.4. The lowest BCUT2D eigenvalue weighted by molar-refractivity contribution is 0.0627. The molecule has 0 aliphatic heterocycles. The van der Waals surface area contributed by atoms with Gasteiger partial charge in [-0.2, -0.15) is 0 Å². The van der Waals surface area contributed by atoms with Crippen LogP contribution in [0.4, 0.5) is 5.82 Å². The fraction of sp³-hybridized carbons (Fsp3) is 0.643. The van der Waals surface area contributed by atoms with Crippen molar-refractivity contribution in [3.8, 4) is 0 Å². The minimum absolute atomic E-state index is 0.305. The Balaban J connectivity index is 2.38. The normalized spacial score (nSPS) is 11.2. The summed E-state index contributed by atoms with van der Waals surface area (Å²) in [7, 11) is 2.11. The molecule has 0 saturated heterocycles. The van der Waals surface area contributed by atoms with Crippen molar-refractivity contribution in [2.24, 2.45) is 0 Å². The van der Waals surface area contributed by atoms with Gasteiger partial charge in [0.25, 0.3) is 0 Å². The number of aromatic nitrogens is 1. The van der Waals surface area contributed by atoms with Gasteiger partial charge in [-0.3, -0.25) is 4.90 Å². The third kappa shape index (κ3) is 5.98. The lowest BCUT2D eigenvalue weighted by Gasteiger charge is -2.18. The third-order valence-electron chi connectivity index (χ3n) is 2.56. The van der Waals surface area contributed by atoms with E-state index in [4.69, 9.17) is 4.74 Å². The molecule has 0 amide bonds. The van der Waals surface area contributed by atoms with Crippen molar-refractivity contribution in [3.63, 3.8) is 0 Å². The maximum absolute atomic E-state index is 5.55. The first-order valence-electron chi connectivity index (χ1n) is 6.60. The molecule has 1 rings (SSSR count). The second-order valence-corrected chi connectivity index (χ2v) is 4.74. The summed E-state index contributed by atoms with van der Waals surface area (Å²) in [5.74, 6) is 0.946. The first-order chi connectivity index (χ1) is 8.61. The van der Waals surface area contributed by atoms with Gasteiger partial charge in [0, 0.05) is 25.8 Å². The highest BCUT2D eigenvalue weighted by molar-refractivity contribution is 5.37. The van der Waals surface area contributed by atoms with Gasteiger partial charge in [-0.15, -0.1) is 0 Å². The first-order valence-corrected chi connectivity index (χ1v) is 6.60. The number of hydrogen-bond acceptors (Lipinski definition) is 4. The van der Waals surface area contributed by atoms with Crippen molar-refractivity contribution in [3.05, 3.63) is 23.9 Å². The minimum atomic E-state index is 0.305. The lowest BCUT2D eigenvalue weighted by Crippen LogP contribution is -2.24. The molecule has 0 atom stereocenters. The smallest absolute Gasteiger partial charge is 0.126 e. The molecule has 0 saturated carbocycles. The number of ether oxygens (including phenoxy) is 1. The Morgan fingerprint density at radius 3 is 2.89 bits per heavy atom. The van der Waals surface area contributed by atoms with E-state index < -0.39 is 0 Å². The van der Waals surface area contributed by atoms with E-state index in [0.717, 1.165) is 32.1 Å². The summed E-state index contributed by atoms with van der Waals surface area (Å²) in [4.78, 5) is 6.52. The van der Waals surface area contributed by atoms with Gasteiger partial charge in [0.1, 0.15) is 5.82 Å². The summed E-state index contributed by atoms with van der Waals surface area (Å²) < 4.78 is 5.55. The van der Waals surface area contributed by atoms with E-state index in [9.17, 15) is 0 Å². The van der Waals surface area contributed by atoms with Crippen molar-refractivity contribution in [1.29, 1.82) is 0 Å². The van der Waals surface area contributed by atoms with Crippen LogP contribution in [0.2, 0.25) is 0 Å². The maximum atomic E-state index is 5.55. The molecule has 0 radical (unpaired) electrons. The number of hydrogen-bond donors (Lipinski definition) is 1. The number of nitrogens with zero attached hydrogens (tertiary/aromatic N) is 2. The lowest BCUT2D eigenvalue weighted by atomic mass is 10.2. The number of pyridine rings is 1. The van der Waals surface area contributed by atoms with Crippen LogP contribution in [0.3, 0.4) is 0 Å². The average Bonchev–Trinajstić information content (AvgIpc) is 2.29. The molecule has 18 heavy (non-hydrogen) atoms. The topological polar surface area (TPSA) is 37.4 Å². The van der Waals surface area contributed by atoms with Gasteiger partial charge in [-0.05, 0) is 45.5 Å². The van der Waals surface area contributed by atoms with Crippen LogP contribution in [0.1, 0.15) is 26.3 Å². The maximum Gasteiger partial charge on any atom is 0.126 e. The van der Waals surface area contributed by atoms with Crippen LogP contribution in [-0.4, -0.2) is 42.7 Å². The van der Waals surface area contributed by atoms with Crippen LogP contribution in [0.5, 0.6) is 0 Å². The quantitative estimate of drug-likeness (QED) is 0.769. The number of nitrogens with one attached hydrogen (secondary N) is 1. The third-order valence-corrected chi connectivity index (χ3v) is 2.56. The van der Waals surface area contributed by atoms with Gasteiger partial charge in [0.05, 0.1) is 12.7 Å². The summed E-state index contributed by atoms with van der Waals surface area (Å²) in [6.07, 6.45) is 2.16. The van der Waals surface area contributed by atoms with E-state index in [1.54, 1.807) is 0 Å². The fourth-order valence-electron chi connectivity index (χ4n) is 1.69. The van der Waals surface area contributed by atoms with Gasteiger partial charge < -0.3 is 10.1 Å². The second kappa shape index (κ2) is 8.06. The van der Waals surface area contributed by atoms with E-state index in [1.165, 1.54) is 5.56 Å². The molecule has 1 aromatic heterocycles. The molecule has 0 aliphatic carbocycles. The Labute approximate surface area is 110 Å². The Bertz CT molecular complexity index is 342. The highest BCUT2D eigenvalue weighted by Crippen LogP contribution is 2.08. The van der Waals surface area contributed by atoms with E-state index in [0.29, 0.717) is 6.10 Å². The van der Waals surface area contributed by atoms with Crippen molar-refractivity contribution in [2.45, 2.75) is 33.4 Å². The highest BCUT2D eigenvalue weighted by Gasteiger charge is 2.02. The van der Waals surface area contributed by atoms with Gasteiger partial charge in [0.2, 0.25) is 0 Å². The predicted octanol–water partition coefficient (Wildman–Crippen LogP) is 2.37. The molecular formula is C14H25N3O. The van der Waals surface area contributed by atoms with Gasteiger partial charge >= 0.3 is 0 Å². The van der Waals surface area contributed by atoms with Crippen LogP contribution in [0.15, 0.2) is 18.3 Å². The molecule has 0 bridgehead atoms. The Morgan fingerprint density at radius 1 is 1.44 bits per heavy atom. The summed E-state index contributed by atoms with van der Waals surface area (Å²) >= 11 is 0. The van der Waals surface area contributed by atoms with Crippen molar-refractivity contribution in [2.75, 3.05) is 32.1 Å². The van der Waals surface area contributed by atoms with E-state index in [-0.39, 0.29) is 0 Å². The van der Waals surface area contributed by atoms with E-state index >= 15 is 0 Å². The van der Waals surface area contributed by atoms with E-state index in [2.05, 4.69) is 55.2 Å². The monoisotopic (exact) mass is 251 g/mol. The zero-order valence-corrected chi connectivity index (χ0v) is 11.9. The van der Waals surface area contributed by atoms with E-state index in [1.807, 2.05) is 6.20 Å². The Hall–Kier alpha value is -1.13. The van der Waals surface area contributed by atoms with Gasteiger partial charge in [0.15, 0.2) is 0 Å². The molecule has 0 aromatic carbocycles. The molecule has 0 fully saturated rings. The van der Waals surface area contributed by atoms with Crippen LogP contribution in [-0.2, 0) is 11.3 Å². The van der Waals surface area contributed by atoms with Gasteiger partial charge in [-0.1, -0.05) is 0 Å². The van der Waals surface area contributed by atoms with Crippen molar-refractivity contribution >= 4 is 5.82 Å². The SMILES string of the molecule is CCNc1cc(CN(C)CCOC(C)C)ccn1. The van der Waals surface area contributed by atoms with Crippen LogP contribution in [0.25, 0.3) is 0 Å². The molecule has 1 aromatic rings. The number of likely N-dealkylation sites (N-methyl/N-ethyl adjacent to an activating group) is 1. The Morgan fingerprint density at radius 2 is 2.22 bits per heavy atom. The molecule has 0 aliphatic rings. The predicted molar refractivity (Wildman–Crippen MR) is 75.8 cm³/mol. The molecule has 4 heteroatoms. The molecule has 1 heterocycles. The largest absolute Gasteiger partial charge is 0.377 e.